The molecule has 0 aliphatic carbocycles. The molecule has 24 heavy (non-hydrogen) atoms. The number of benzene rings is 1. The number of rotatable bonds is 6. The summed E-state index contributed by atoms with van der Waals surface area (Å²) in [4.78, 5) is 22.3. The van der Waals surface area contributed by atoms with E-state index in [4.69, 9.17) is 13.7 Å². The number of nitro groups is 1. The molecule has 0 aliphatic heterocycles. The summed E-state index contributed by atoms with van der Waals surface area (Å²) in [6.45, 7) is -0.0936. The van der Waals surface area contributed by atoms with E-state index in [1.807, 2.05) is 0 Å². The highest BCUT2D eigenvalue weighted by atomic mass is 16.6. The summed E-state index contributed by atoms with van der Waals surface area (Å²) in [5.41, 5.74) is 0.595. The normalized spacial score (nSPS) is 10.5. The predicted octanol–water partition coefficient (Wildman–Crippen LogP) is 3.13. The van der Waals surface area contributed by atoms with E-state index < -0.39 is 10.9 Å². The number of nitrogens with zero attached hydrogens (tertiary/aromatic N) is 2. The van der Waals surface area contributed by atoms with Crippen LogP contribution < -0.4 is 0 Å². The molecular weight excluding hydrogens is 316 g/mol. The van der Waals surface area contributed by atoms with Crippen molar-refractivity contribution < 1.29 is 23.4 Å². The van der Waals surface area contributed by atoms with Crippen LogP contribution in [0.4, 0.5) is 5.69 Å². The third-order valence-electron chi connectivity index (χ3n) is 3.23. The smallest absolute Gasteiger partial charge is 0.310 e. The molecule has 2 heterocycles. The van der Waals surface area contributed by atoms with Gasteiger partial charge in [0.2, 0.25) is 5.76 Å². The van der Waals surface area contributed by atoms with Gasteiger partial charge in [-0.3, -0.25) is 14.9 Å². The molecule has 0 atom stereocenters. The molecule has 3 rings (SSSR count). The topological polar surface area (TPSA) is 109 Å². The highest BCUT2D eigenvalue weighted by molar-refractivity contribution is 5.74. The Labute approximate surface area is 135 Å². The zero-order valence-corrected chi connectivity index (χ0v) is 12.4. The summed E-state index contributed by atoms with van der Waals surface area (Å²) in [5, 5.41) is 14.7. The van der Waals surface area contributed by atoms with Crippen molar-refractivity contribution in [3.05, 3.63) is 70.1 Å². The Morgan fingerprint density at radius 1 is 1.21 bits per heavy atom. The van der Waals surface area contributed by atoms with E-state index in [9.17, 15) is 14.9 Å². The lowest BCUT2D eigenvalue weighted by Crippen LogP contribution is -2.09. The van der Waals surface area contributed by atoms with Crippen LogP contribution in [0.15, 0.2) is 57.7 Å². The number of aromatic nitrogens is 1. The van der Waals surface area contributed by atoms with Crippen molar-refractivity contribution in [1.82, 2.24) is 5.16 Å². The molecule has 8 heteroatoms. The molecule has 3 aromatic rings. The minimum atomic E-state index is -0.591. The lowest BCUT2D eigenvalue weighted by molar-refractivity contribution is -0.385. The number of carbonyl (C=O) groups excluding carboxylic acids is 1. The van der Waals surface area contributed by atoms with E-state index in [-0.39, 0.29) is 18.7 Å². The Balaban J connectivity index is 1.59. The molecule has 0 spiro atoms. The quantitative estimate of drug-likeness (QED) is 0.388. The maximum Gasteiger partial charge on any atom is 0.310 e. The van der Waals surface area contributed by atoms with Gasteiger partial charge < -0.3 is 13.7 Å². The van der Waals surface area contributed by atoms with Gasteiger partial charge in [-0.2, -0.15) is 0 Å². The Hall–Kier alpha value is -3.42. The lowest BCUT2D eigenvalue weighted by Gasteiger charge is -2.03. The number of ether oxygens (including phenoxy) is 1. The molecule has 8 nitrogen and oxygen atoms in total. The average molecular weight is 328 g/mol. The molecule has 0 amide bonds. The maximum atomic E-state index is 11.9. The highest BCUT2D eigenvalue weighted by Gasteiger charge is 2.17. The minimum absolute atomic E-state index is 0.0936. The fraction of sp³-hybridized carbons (Fsp3) is 0.125. The molecule has 2 aromatic heterocycles. The first-order valence-corrected chi connectivity index (χ1v) is 7.01. The van der Waals surface area contributed by atoms with E-state index in [0.717, 1.165) is 0 Å². The van der Waals surface area contributed by atoms with Crippen LogP contribution in [0.2, 0.25) is 0 Å². The van der Waals surface area contributed by atoms with Crippen molar-refractivity contribution in [3.63, 3.8) is 0 Å². The fourth-order valence-corrected chi connectivity index (χ4v) is 2.11. The number of carbonyl (C=O) groups is 1. The summed E-state index contributed by atoms with van der Waals surface area (Å²) >= 11 is 0. The Morgan fingerprint density at radius 2 is 2.04 bits per heavy atom. The number of hydrogen-bond acceptors (Lipinski definition) is 7. The van der Waals surface area contributed by atoms with Crippen LogP contribution in [0.1, 0.15) is 11.3 Å². The standard InChI is InChI=1S/C16H12N2O6/c19-16(8-11-4-1-2-5-13(11)18(20)21)23-10-12-9-15(24-17-12)14-6-3-7-22-14/h1-7,9H,8,10H2. The van der Waals surface area contributed by atoms with Crippen molar-refractivity contribution >= 4 is 11.7 Å². The summed E-state index contributed by atoms with van der Waals surface area (Å²) in [7, 11) is 0. The van der Waals surface area contributed by atoms with E-state index in [0.29, 0.717) is 22.8 Å². The maximum absolute atomic E-state index is 11.9. The molecule has 0 bridgehead atoms. The van der Waals surface area contributed by atoms with Gasteiger partial charge in [0, 0.05) is 17.7 Å². The number of nitro benzene ring substituents is 1. The number of hydrogen-bond donors (Lipinski definition) is 0. The second-order valence-corrected chi connectivity index (χ2v) is 4.88. The molecule has 0 unspecified atom stereocenters. The molecule has 122 valence electrons. The third-order valence-corrected chi connectivity index (χ3v) is 3.23. The van der Waals surface area contributed by atoms with Crippen molar-refractivity contribution in [2.45, 2.75) is 13.0 Å². The van der Waals surface area contributed by atoms with E-state index >= 15 is 0 Å². The van der Waals surface area contributed by atoms with Gasteiger partial charge in [0.15, 0.2) is 5.76 Å². The summed E-state index contributed by atoms with van der Waals surface area (Å²) in [6.07, 6.45) is 1.31. The highest BCUT2D eigenvalue weighted by Crippen LogP contribution is 2.21. The number of esters is 1. The summed E-state index contributed by atoms with van der Waals surface area (Å²) in [5.74, 6) is 0.344. The number of furan rings is 1. The SMILES string of the molecule is O=C(Cc1ccccc1[N+](=O)[O-])OCc1cc(-c2ccco2)on1. The lowest BCUT2D eigenvalue weighted by atomic mass is 10.1. The summed E-state index contributed by atoms with van der Waals surface area (Å²) in [6, 6.07) is 11.0. The van der Waals surface area contributed by atoms with Gasteiger partial charge in [-0.05, 0) is 12.1 Å². The van der Waals surface area contributed by atoms with Crippen molar-refractivity contribution in [3.8, 4) is 11.5 Å². The van der Waals surface area contributed by atoms with Gasteiger partial charge in [-0.15, -0.1) is 0 Å². The van der Waals surface area contributed by atoms with Crippen LogP contribution in [0.5, 0.6) is 0 Å². The van der Waals surface area contributed by atoms with Crippen LogP contribution in [0.25, 0.3) is 11.5 Å². The zero-order chi connectivity index (χ0) is 16.9. The zero-order valence-electron chi connectivity index (χ0n) is 12.4. The van der Waals surface area contributed by atoms with E-state index in [2.05, 4.69) is 5.16 Å². The molecule has 0 saturated heterocycles. The van der Waals surface area contributed by atoms with Gasteiger partial charge >= 0.3 is 5.97 Å². The van der Waals surface area contributed by atoms with Crippen molar-refractivity contribution in [2.24, 2.45) is 0 Å². The van der Waals surface area contributed by atoms with E-state index in [1.165, 1.54) is 18.4 Å². The summed E-state index contributed by atoms with van der Waals surface area (Å²) < 4.78 is 15.3. The second kappa shape index (κ2) is 6.78. The molecule has 0 N–H and O–H groups in total. The monoisotopic (exact) mass is 328 g/mol. The van der Waals surface area contributed by atoms with Crippen LogP contribution >= 0.6 is 0 Å². The van der Waals surface area contributed by atoms with Gasteiger partial charge in [-0.25, -0.2) is 0 Å². The molecule has 0 saturated carbocycles. The molecule has 0 fully saturated rings. The number of para-hydroxylation sites is 1. The molecule has 0 radical (unpaired) electrons. The van der Waals surface area contributed by atoms with Crippen LogP contribution in [0, 0.1) is 10.1 Å². The Morgan fingerprint density at radius 3 is 2.79 bits per heavy atom. The first-order chi connectivity index (χ1) is 11.6. The molecular formula is C16H12N2O6. The van der Waals surface area contributed by atoms with Gasteiger partial charge in [0.05, 0.1) is 17.6 Å². The van der Waals surface area contributed by atoms with Gasteiger partial charge in [0.1, 0.15) is 12.3 Å². The first-order valence-electron chi connectivity index (χ1n) is 7.01. The largest absolute Gasteiger partial charge is 0.461 e. The predicted molar refractivity (Wildman–Crippen MR) is 80.8 cm³/mol. The van der Waals surface area contributed by atoms with E-state index in [1.54, 1.807) is 30.3 Å². The van der Waals surface area contributed by atoms with Gasteiger partial charge in [-0.1, -0.05) is 23.4 Å². The van der Waals surface area contributed by atoms with Crippen LogP contribution in [-0.4, -0.2) is 16.0 Å². The van der Waals surface area contributed by atoms with Crippen LogP contribution in [-0.2, 0) is 22.6 Å². The van der Waals surface area contributed by atoms with Crippen molar-refractivity contribution in [2.75, 3.05) is 0 Å². The fourth-order valence-electron chi connectivity index (χ4n) is 2.11. The molecule has 1 aromatic carbocycles. The Bertz CT molecular complexity index is 853. The van der Waals surface area contributed by atoms with Gasteiger partial charge in [0.25, 0.3) is 5.69 Å². The third kappa shape index (κ3) is 3.49. The van der Waals surface area contributed by atoms with Crippen LogP contribution in [0.3, 0.4) is 0 Å². The molecule has 0 aliphatic rings. The average Bonchev–Trinajstić information content (AvgIpc) is 3.24. The minimum Gasteiger partial charge on any atom is -0.461 e. The van der Waals surface area contributed by atoms with Crippen molar-refractivity contribution in [1.29, 1.82) is 0 Å². The first kappa shape index (κ1) is 15.5. The Kier molecular flexibility index (Phi) is 4.37. The second-order valence-electron chi connectivity index (χ2n) is 4.88.